The van der Waals surface area contributed by atoms with Crippen LogP contribution in [-0.2, 0) is 0 Å². The Morgan fingerprint density at radius 3 is 2.83 bits per heavy atom. The van der Waals surface area contributed by atoms with Gasteiger partial charge in [0.25, 0.3) is 0 Å². The van der Waals surface area contributed by atoms with E-state index in [0.29, 0.717) is 0 Å². The molecular weight excluding hydrogens is 148 g/mol. The maximum absolute atomic E-state index is 5.43. The Kier molecular flexibility index (Phi) is 2.64. The maximum Gasteiger partial charge on any atom is 0.0716 e. The maximum atomic E-state index is 5.43. The van der Waals surface area contributed by atoms with Crippen molar-refractivity contribution >= 4 is 5.71 Å². The SMILES string of the molecule is C=C/N=C1/C=CC(C)=C/C1=C/N. The lowest BCUT2D eigenvalue weighted by Crippen LogP contribution is -2.03. The number of allylic oxidation sites excluding steroid dienone is 5. The van der Waals surface area contributed by atoms with Crippen LogP contribution < -0.4 is 5.73 Å². The second kappa shape index (κ2) is 3.72. The van der Waals surface area contributed by atoms with Gasteiger partial charge in [-0.15, -0.1) is 0 Å². The molecule has 0 aromatic heterocycles. The molecule has 2 nitrogen and oxygen atoms in total. The van der Waals surface area contributed by atoms with E-state index >= 15 is 0 Å². The van der Waals surface area contributed by atoms with E-state index < -0.39 is 0 Å². The molecule has 0 atom stereocenters. The number of aliphatic imine (C=N–C) groups is 1. The standard InChI is InChI=1S/C10H12N2/c1-3-12-10-5-4-8(2)6-9(10)7-11/h3-7H,1,11H2,2H3/b9-7-,12-10-. The molecule has 0 unspecified atom stereocenters. The summed E-state index contributed by atoms with van der Waals surface area (Å²) >= 11 is 0. The summed E-state index contributed by atoms with van der Waals surface area (Å²) < 4.78 is 0. The highest BCUT2D eigenvalue weighted by Crippen LogP contribution is 2.12. The molecule has 2 N–H and O–H groups in total. The van der Waals surface area contributed by atoms with E-state index in [2.05, 4.69) is 11.6 Å². The summed E-state index contributed by atoms with van der Waals surface area (Å²) in [6.45, 7) is 5.55. The van der Waals surface area contributed by atoms with E-state index in [1.807, 2.05) is 25.2 Å². The van der Waals surface area contributed by atoms with Crippen LogP contribution in [0.1, 0.15) is 6.92 Å². The number of nitrogens with zero attached hydrogens (tertiary/aromatic N) is 1. The first-order valence-corrected chi connectivity index (χ1v) is 3.75. The average Bonchev–Trinajstić information content (AvgIpc) is 2.08. The Labute approximate surface area is 72.5 Å². The van der Waals surface area contributed by atoms with Crippen molar-refractivity contribution in [1.29, 1.82) is 0 Å². The van der Waals surface area contributed by atoms with Crippen LogP contribution in [0.4, 0.5) is 0 Å². The van der Waals surface area contributed by atoms with Gasteiger partial charge in [0.2, 0.25) is 0 Å². The number of nitrogens with two attached hydrogens (primary N) is 1. The molecule has 0 heterocycles. The molecule has 1 aliphatic carbocycles. The minimum absolute atomic E-state index is 0.859. The Balaban J connectivity index is 3.03. The molecule has 0 spiro atoms. The summed E-state index contributed by atoms with van der Waals surface area (Å²) in [5.74, 6) is 0. The van der Waals surface area contributed by atoms with Crippen LogP contribution >= 0.6 is 0 Å². The quantitative estimate of drug-likeness (QED) is 0.625. The van der Waals surface area contributed by atoms with E-state index in [1.165, 1.54) is 11.8 Å². The van der Waals surface area contributed by atoms with Gasteiger partial charge < -0.3 is 5.73 Å². The van der Waals surface area contributed by atoms with E-state index in [9.17, 15) is 0 Å². The highest BCUT2D eigenvalue weighted by Gasteiger charge is 2.03. The minimum atomic E-state index is 0.859. The zero-order chi connectivity index (χ0) is 8.97. The third kappa shape index (κ3) is 1.72. The van der Waals surface area contributed by atoms with Gasteiger partial charge in [-0.3, -0.25) is 4.99 Å². The molecule has 0 aromatic rings. The largest absolute Gasteiger partial charge is 0.404 e. The van der Waals surface area contributed by atoms with Crippen molar-refractivity contribution in [3.05, 3.63) is 48.4 Å². The molecule has 1 aliphatic rings. The Hall–Kier alpha value is -1.57. The zero-order valence-corrected chi connectivity index (χ0v) is 7.12. The monoisotopic (exact) mass is 160 g/mol. The first-order chi connectivity index (χ1) is 5.77. The molecule has 1 rings (SSSR count). The second-order valence-corrected chi connectivity index (χ2v) is 2.54. The lowest BCUT2D eigenvalue weighted by atomic mass is 10.0. The summed E-state index contributed by atoms with van der Waals surface area (Å²) in [5.41, 5.74) is 8.41. The van der Waals surface area contributed by atoms with Gasteiger partial charge in [0.15, 0.2) is 0 Å². The first-order valence-electron chi connectivity index (χ1n) is 3.75. The van der Waals surface area contributed by atoms with E-state index in [4.69, 9.17) is 5.73 Å². The van der Waals surface area contributed by atoms with Gasteiger partial charge in [-0.2, -0.15) is 0 Å². The third-order valence-electron chi connectivity index (χ3n) is 1.59. The topological polar surface area (TPSA) is 38.4 Å². The molecule has 62 valence electrons. The van der Waals surface area contributed by atoms with Crippen LogP contribution in [-0.4, -0.2) is 5.71 Å². The Morgan fingerprint density at radius 1 is 1.50 bits per heavy atom. The Morgan fingerprint density at radius 2 is 2.25 bits per heavy atom. The summed E-state index contributed by atoms with van der Waals surface area (Å²) in [5, 5.41) is 0. The Bertz CT molecular complexity index is 304. The fourth-order valence-corrected chi connectivity index (χ4v) is 1.02. The number of rotatable bonds is 1. The molecule has 0 saturated heterocycles. The van der Waals surface area contributed by atoms with Crippen molar-refractivity contribution in [1.82, 2.24) is 0 Å². The molecule has 2 heteroatoms. The smallest absolute Gasteiger partial charge is 0.0716 e. The van der Waals surface area contributed by atoms with Crippen molar-refractivity contribution in [2.75, 3.05) is 0 Å². The predicted octanol–water partition coefficient (Wildman–Crippen LogP) is 1.93. The lowest BCUT2D eigenvalue weighted by Gasteiger charge is -2.06. The van der Waals surface area contributed by atoms with Gasteiger partial charge in [-0.1, -0.05) is 18.2 Å². The summed E-state index contributed by atoms with van der Waals surface area (Å²) in [4.78, 5) is 4.07. The van der Waals surface area contributed by atoms with Gasteiger partial charge in [0.1, 0.15) is 0 Å². The summed E-state index contributed by atoms with van der Waals surface area (Å²) in [6, 6.07) is 0. The van der Waals surface area contributed by atoms with Crippen molar-refractivity contribution in [3.63, 3.8) is 0 Å². The van der Waals surface area contributed by atoms with E-state index in [1.54, 1.807) is 6.20 Å². The predicted molar refractivity (Wildman–Crippen MR) is 52.8 cm³/mol. The van der Waals surface area contributed by atoms with Crippen LogP contribution in [0.15, 0.2) is 53.3 Å². The van der Waals surface area contributed by atoms with Crippen LogP contribution in [0.25, 0.3) is 0 Å². The highest BCUT2D eigenvalue weighted by atomic mass is 14.7. The fourth-order valence-electron chi connectivity index (χ4n) is 1.02. The molecule has 0 bridgehead atoms. The summed E-state index contributed by atoms with van der Waals surface area (Å²) in [7, 11) is 0. The fraction of sp³-hybridized carbons (Fsp3) is 0.100. The van der Waals surface area contributed by atoms with Gasteiger partial charge in [0, 0.05) is 18.0 Å². The van der Waals surface area contributed by atoms with Crippen LogP contribution in [0.5, 0.6) is 0 Å². The molecule has 12 heavy (non-hydrogen) atoms. The van der Waals surface area contributed by atoms with Gasteiger partial charge in [-0.25, -0.2) is 0 Å². The summed E-state index contributed by atoms with van der Waals surface area (Å²) in [6.07, 6.45) is 8.97. The van der Waals surface area contributed by atoms with Crippen molar-refractivity contribution in [3.8, 4) is 0 Å². The zero-order valence-electron chi connectivity index (χ0n) is 7.12. The molecule has 0 fully saturated rings. The van der Waals surface area contributed by atoms with Gasteiger partial charge in [0.05, 0.1) is 5.71 Å². The van der Waals surface area contributed by atoms with E-state index in [-0.39, 0.29) is 0 Å². The normalized spacial score (nSPS) is 22.9. The first kappa shape index (κ1) is 8.53. The molecule has 0 radical (unpaired) electrons. The minimum Gasteiger partial charge on any atom is -0.404 e. The van der Waals surface area contributed by atoms with Crippen molar-refractivity contribution in [2.24, 2.45) is 10.7 Å². The molecule has 0 aromatic carbocycles. The highest BCUT2D eigenvalue weighted by molar-refractivity contribution is 6.12. The molecular formula is C10H12N2. The average molecular weight is 160 g/mol. The lowest BCUT2D eigenvalue weighted by molar-refractivity contribution is 1.43. The van der Waals surface area contributed by atoms with Gasteiger partial charge >= 0.3 is 0 Å². The van der Waals surface area contributed by atoms with Gasteiger partial charge in [-0.05, 0) is 19.1 Å². The number of hydrogen-bond acceptors (Lipinski definition) is 2. The third-order valence-corrected chi connectivity index (χ3v) is 1.59. The molecule has 0 saturated carbocycles. The number of hydrogen-bond donors (Lipinski definition) is 1. The molecule has 0 amide bonds. The van der Waals surface area contributed by atoms with Crippen molar-refractivity contribution < 1.29 is 0 Å². The second-order valence-electron chi connectivity index (χ2n) is 2.54. The van der Waals surface area contributed by atoms with Crippen molar-refractivity contribution in [2.45, 2.75) is 6.92 Å². The molecule has 0 aliphatic heterocycles. The van der Waals surface area contributed by atoms with Crippen LogP contribution in [0.2, 0.25) is 0 Å². The van der Waals surface area contributed by atoms with Crippen LogP contribution in [0.3, 0.4) is 0 Å². The van der Waals surface area contributed by atoms with Crippen LogP contribution in [0, 0.1) is 0 Å². The van der Waals surface area contributed by atoms with E-state index in [0.717, 1.165) is 11.3 Å².